The van der Waals surface area contributed by atoms with Crippen molar-refractivity contribution in [3.05, 3.63) is 71.3 Å². The number of hydrogen-bond acceptors (Lipinski definition) is 5. The summed E-state index contributed by atoms with van der Waals surface area (Å²) >= 11 is 0. The standard InChI is InChI=1S/C20H17NO5/c1-2-26-20(25)16(12-17(22)13-8-4-3-5-9-13)21-18(23)14-10-6-7-11-15(14)19(21)24/h3-11,16H,2,12H2,1H3. The third-order valence-electron chi connectivity index (χ3n) is 4.17. The van der Waals surface area contributed by atoms with Crippen LogP contribution in [0.4, 0.5) is 0 Å². The van der Waals surface area contributed by atoms with Crippen LogP contribution in [0.2, 0.25) is 0 Å². The van der Waals surface area contributed by atoms with Gasteiger partial charge in [0.2, 0.25) is 0 Å². The van der Waals surface area contributed by atoms with Crippen molar-refractivity contribution in [2.75, 3.05) is 6.61 Å². The molecule has 1 unspecified atom stereocenters. The molecule has 1 heterocycles. The molecule has 2 amide bonds. The van der Waals surface area contributed by atoms with E-state index in [2.05, 4.69) is 0 Å². The van der Waals surface area contributed by atoms with Crippen molar-refractivity contribution in [3.63, 3.8) is 0 Å². The summed E-state index contributed by atoms with van der Waals surface area (Å²) in [5, 5.41) is 0. The average Bonchev–Trinajstić information content (AvgIpc) is 2.92. The van der Waals surface area contributed by atoms with Crippen molar-refractivity contribution in [1.82, 2.24) is 4.90 Å². The molecule has 1 aliphatic heterocycles. The van der Waals surface area contributed by atoms with E-state index in [0.717, 1.165) is 4.90 Å². The number of ketones is 1. The Morgan fingerprint density at radius 3 is 2.00 bits per heavy atom. The van der Waals surface area contributed by atoms with Crippen molar-refractivity contribution < 1.29 is 23.9 Å². The molecule has 1 aliphatic rings. The molecule has 2 aromatic rings. The number of carbonyl (C=O) groups is 4. The van der Waals surface area contributed by atoms with Gasteiger partial charge in [0, 0.05) is 12.0 Å². The Hall–Kier alpha value is -3.28. The molecule has 0 N–H and O–H groups in total. The molecule has 132 valence electrons. The van der Waals surface area contributed by atoms with Crippen LogP contribution >= 0.6 is 0 Å². The maximum Gasteiger partial charge on any atom is 0.329 e. The first-order valence-corrected chi connectivity index (χ1v) is 8.26. The van der Waals surface area contributed by atoms with Crippen molar-refractivity contribution in [2.24, 2.45) is 0 Å². The van der Waals surface area contributed by atoms with Crippen LogP contribution in [-0.4, -0.2) is 41.1 Å². The molecule has 0 fully saturated rings. The van der Waals surface area contributed by atoms with Gasteiger partial charge in [0.1, 0.15) is 6.04 Å². The topological polar surface area (TPSA) is 80.8 Å². The number of benzene rings is 2. The summed E-state index contributed by atoms with van der Waals surface area (Å²) < 4.78 is 5.01. The Labute approximate surface area is 150 Å². The average molecular weight is 351 g/mol. The zero-order valence-corrected chi connectivity index (χ0v) is 14.2. The van der Waals surface area contributed by atoms with Gasteiger partial charge in [0.15, 0.2) is 5.78 Å². The quantitative estimate of drug-likeness (QED) is 0.454. The van der Waals surface area contributed by atoms with E-state index in [1.807, 2.05) is 0 Å². The van der Waals surface area contributed by atoms with E-state index >= 15 is 0 Å². The minimum atomic E-state index is -1.30. The smallest absolute Gasteiger partial charge is 0.329 e. The lowest BCUT2D eigenvalue weighted by atomic mass is 10.0. The number of hydrogen-bond donors (Lipinski definition) is 0. The van der Waals surface area contributed by atoms with E-state index in [1.165, 1.54) is 12.1 Å². The Kier molecular flexibility index (Phi) is 4.93. The number of Topliss-reactive ketones (excluding diaryl/α,β-unsaturated/α-hetero) is 1. The molecule has 0 aliphatic carbocycles. The molecule has 0 saturated carbocycles. The highest BCUT2D eigenvalue weighted by atomic mass is 16.5. The first-order chi connectivity index (χ1) is 12.5. The molecular formula is C20H17NO5. The highest BCUT2D eigenvalue weighted by molar-refractivity contribution is 6.23. The number of esters is 1. The van der Waals surface area contributed by atoms with Gasteiger partial charge >= 0.3 is 5.97 Å². The monoisotopic (exact) mass is 351 g/mol. The van der Waals surface area contributed by atoms with Gasteiger partial charge in [-0.05, 0) is 19.1 Å². The van der Waals surface area contributed by atoms with Crippen LogP contribution in [0, 0.1) is 0 Å². The minimum Gasteiger partial charge on any atom is -0.464 e. The molecule has 0 saturated heterocycles. The Balaban J connectivity index is 1.93. The third-order valence-corrected chi connectivity index (χ3v) is 4.17. The fourth-order valence-electron chi connectivity index (χ4n) is 2.93. The van der Waals surface area contributed by atoms with E-state index in [0.29, 0.717) is 5.56 Å². The SMILES string of the molecule is CCOC(=O)C(CC(=O)c1ccccc1)N1C(=O)c2ccccc2C1=O. The number of rotatable bonds is 6. The van der Waals surface area contributed by atoms with E-state index in [-0.39, 0.29) is 29.9 Å². The molecule has 3 rings (SSSR count). The van der Waals surface area contributed by atoms with Gasteiger partial charge in [-0.1, -0.05) is 42.5 Å². The Bertz CT molecular complexity index is 840. The fourth-order valence-corrected chi connectivity index (χ4v) is 2.93. The zero-order valence-electron chi connectivity index (χ0n) is 14.2. The predicted octanol–water partition coefficient (Wildman–Crippen LogP) is 2.49. The molecule has 0 spiro atoms. The summed E-state index contributed by atoms with van der Waals surface area (Å²) in [6.45, 7) is 1.70. The maximum atomic E-state index is 12.7. The molecule has 1 atom stereocenters. The fraction of sp³-hybridized carbons (Fsp3) is 0.200. The van der Waals surface area contributed by atoms with Gasteiger partial charge in [-0.2, -0.15) is 0 Å². The number of ether oxygens (including phenoxy) is 1. The second-order valence-corrected chi connectivity index (χ2v) is 5.79. The summed E-state index contributed by atoms with van der Waals surface area (Å²) in [6.07, 6.45) is -0.325. The van der Waals surface area contributed by atoms with Gasteiger partial charge < -0.3 is 4.74 Å². The molecule has 0 aromatic heterocycles. The highest BCUT2D eigenvalue weighted by Crippen LogP contribution is 2.26. The number of fused-ring (bicyclic) bond motifs is 1. The van der Waals surface area contributed by atoms with Gasteiger partial charge in [-0.25, -0.2) is 4.79 Å². The molecule has 6 heteroatoms. The molecule has 26 heavy (non-hydrogen) atoms. The number of imide groups is 1. The van der Waals surface area contributed by atoms with Crippen molar-refractivity contribution >= 4 is 23.6 Å². The Morgan fingerprint density at radius 1 is 0.923 bits per heavy atom. The highest BCUT2D eigenvalue weighted by Gasteiger charge is 2.44. The molecular weight excluding hydrogens is 334 g/mol. The first kappa shape index (κ1) is 17.5. The van der Waals surface area contributed by atoms with Crippen LogP contribution in [0.5, 0.6) is 0 Å². The Morgan fingerprint density at radius 2 is 1.46 bits per heavy atom. The van der Waals surface area contributed by atoms with Gasteiger partial charge in [-0.15, -0.1) is 0 Å². The van der Waals surface area contributed by atoms with Crippen LogP contribution < -0.4 is 0 Å². The van der Waals surface area contributed by atoms with Gasteiger partial charge in [0.05, 0.1) is 17.7 Å². The third kappa shape index (κ3) is 3.13. The normalized spacial score (nSPS) is 14.1. The lowest BCUT2D eigenvalue weighted by molar-refractivity contribution is -0.147. The van der Waals surface area contributed by atoms with Crippen LogP contribution in [0.1, 0.15) is 44.4 Å². The van der Waals surface area contributed by atoms with Crippen molar-refractivity contribution in [1.29, 1.82) is 0 Å². The van der Waals surface area contributed by atoms with Crippen LogP contribution in [0.25, 0.3) is 0 Å². The number of amides is 2. The second kappa shape index (κ2) is 7.31. The summed E-state index contributed by atoms with van der Waals surface area (Å²) in [4.78, 5) is 51.1. The molecule has 0 radical (unpaired) electrons. The van der Waals surface area contributed by atoms with Crippen LogP contribution in [-0.2, 0) is 9.53 Å². The molecule has 6 nitrogen and oxygen atoms in total. The zero-order chi connectivity index (χ0) is 18.7. The van der Waals surface area contributed by atoms with Crippen LogP contribution in [0.3, 0.4) is 0 Å². The van der Waals surface area contributed by atoms with Crippen molar-refractivity contribution in [3.8, 4) is 0 Å². The van der Waals surface area contributed by atoms with E-state index < -0.39 is 23.8 Å². The van der Waals surface area contributed by atoms with Gasteiger partial charge in [-0.3, -0.25) is 19.3 Å². The van der Waals surface area contributed by atoms with Gasteiger partial charge in [0.25, 0.3) is 11.8 Å². The summed E-state index contributed by atoms with van der Waals surface area (Å²) in [6, 6.07) is 13.4. The van der Waals surface area contributed by atoms with E-state index in [1.54, 1.807) is 49.4 Å². The van der Waals surface area contributed by atoms with Crippen molar-refractivity contribution in [2.45, 2.75) is 19.4 Å². The number of carbonyl (C=O) groups excluding carboxylic acids is 4. The summed E-state index contributed by atoms with van der Waals surface area (Å²) in [5.74, 6) is -2.31. The van der Waals surface area contributed by atoms with Crippen LogP contribution in [0.15, 0.2) is 54.6 Å². The lowest BCUT2D eigenvalue weighted by Gasteiger charge is -2.24. The largest absolute Gasteiger partial charge is 0.464 e. The minimum absolute atomic E-state index is 0.0814. The second-order valence-electron chi connectivity index (χ2n) is 5.79. The molecule has 2 aromatic carbocycles. The number of nitrogens with zero attached hydrogens (tertiary/aromatic N) is 1. The molecule has 0 bridgehead atoms. The summed E-state index contributed by atoms with van der Waals surface area (Å²) in [5.41, 5.74) is 0.844. The predicted molar refractivity (Wildman–Crippen MR) is 92.8 cm³/mol. The first-order valence-electron chi connectivity index (χ1n) is 8.26. The van der Waals surface area contributed by atoms with E-state index in [9.17, 15) is 19.2 Å². The summed E-state index contributed by atoms with van der Waals surface area (Å²) in [7, 11) is 0. The maximum absolute atomic E-state index is 12.7. The lowest BCUT2D eigenvalue weighted by Crippen LogP contribution is -2.46. The van der Waals surface area contributed by atoms with E-state index in [4.69, 9.17) is 4.74 Å².